The van der Waals surface area contributed by atoms with Crippen LogP contribution in [0.5, 0.6) is 0 Å². The molecular weight excluding hydrogens is 352 g/mol. The van der Waals surface area contributed by atoms with E-state index in [0.717, 1.165) is 37.4 Å². The second kappa shape index (κ2) is 8.70. The van der Waals surface area contributed by atoms with E-state index in [1.165, 1.54) is 11.3 Å². The Balaban J connectivity index is 1.47. The third kappa shape index (κ3) is 4.98. The minimum Gasteiger partial charge on any atom is -0.370 e. The summed E-state index contributed by atoms with van der Waals surface area (Å²) in [4.78, 5) is 32.7. The molecule has 0 spiro atoms. The van der Waals surface area contributed by atoms with E-state index >= 15 is 0 Å². The highest BCUT2D eigenvalue weighted by molar-refractivity contribution is 7.13. The molecule has 0 aliphatic carbocycles. The lowest BCUT2D eigenvalue weighted by Crippen LogP contribution is -2.35. The van der Waals surface area contributed by atoms with Crippen molar-refractivity contribution in [2.24, 2.45) is 0 Å². The summed E-state index contributed by atoms with van der Waals surface area (Å²) in [6.07, 6.45) is 3.08. The van der Waals surface area contributed by atoms with E-state index < -0.39 is 0 Å². The summed E-state index contributed by atoms with van der Waals surface area (Å²) >= 11 is 1.26. The van der Waals surface area contributed by atoms with E-state index in [4.69, 9.17) is 0 Å². The molecule has 0 aromatic carbocycles. The van der Waals surface area contributed by atoms with Gasteiger partial charge >= 0.3 is 0 Å². The zero-order valence-electron chi connectivity index (χ0n) is 14.7. The van der Waals surface area contributed by atoms with Crippen molar-refractivity contribution in [3.05, 3.63) is 29.5 Å². The van der Waals surface area contributed by atoms with Crippen LogP contribution in [0, 0.1) is 6.92 Å². The summed E-state index contributed by atoms with van der Waals surface area (Å²) in [5, 5.41) is 10.5. The SMILES string of the molecule is Cc1cc(N2CCCN(C(=O)CCC(=O)Nc3nncs3)CC2)ccn1. The molecule has 0 saturated carbocycles. The van der Waals surface area contributed by atoms with Crippen LogP contribution in [0.25, 0.3) is 0 Å². The Labute approximate surface area is 156 Å². The fraction of sp³-hybridized carbons (Fsp3) is 0.471. The van der Waals surface area contributed by atoms with Gasteiger partial charge in [0.2, 0.25) is 16.9 Å². The number of anilines is 2. The molecule has 3 rings (SSSR count). The molecule has 1 N–H and O–H groups in total. The van der Waals surface area contributed by atoms with Crippen LogP contribution in [-0.4, -0.2) is 58.1 Å². The summed E-state index contributed by atoms with van der Waals surface area (Å²) in [6, 6.07) is 4.07. The second-order valence-electron chi connectivity index (χ2n) is 6.17. The highest BCUT2D eigenvalue weighted by atomic mass is 32.1. The van der Waals surface area contributed by atoms with E-state index in [1.54, 1.807) is 5.51 Å². The second-order valence-corrected chi connectivity index (χ2v) is 7.00. The van der Waals surface area contributed by atoms with Crippen LogP contribution >= 0.6 is 11.3 Å². The highest BCUT2D eigenvalue weighted by Crippen LogP contribution is 2.17. The van der Waals surface area contributed by atoms with Gasteiger partial charge in [0.15, 0.2) is 0 Å². The molecule has 0 bridgehead atoms. The van der Waals surface area contributed by atoms with Crippen molar-refractivity contribution in [3.8, 4) is 0 Å². The summed E-state index contributed by atoms with van der Waals surface area (Å²) in [7, 11) is 0. The van der Waals surface area contributed by atoms with Crippen molar-refractivity contribution < 1.29 is 9.59 Å². The first-order valence-corrected chi connectivity index (χ1v) is 9.51. The normalized spacial score (nSPS) is 14.8. The number of aryl methyl sites for hydroxylation is 1. The molecule has 1 saturated heterocycles. The summed E-state index contributed by atoms with van der Waals surface area (Å²) < 4.78 is 0. The minimum atomic E-state index is -0.209. The van der Waals surface area contributed by atoms with Crippen molar-refractivity contribution >= 4 is 34.0 Å². The van der Waals surface area contributed by atoms with E-state index in [9.17, 15) is 9.59 Å². The maximum absolute atomic E-state index is 12.4. The standard InChI is InChI=1S/C17H22N6O2S/c1-13-11-14(5-6-18-13)22-7-2-8-23(10-9-22)16(25)4-3-15(24)20-17-21-19-12-26-17/h5-6,11-12H,2-4,7-10H2,1H3,(H,20,21,24). The van der Waals surface area contributed by atoms with E-state index in [0.29, 0.717) is 11.7 Å². The molecule has 0 radical (unpaired) electrons. The van der Waals surface area contributed by atoms with Gasteiger partial charge in [0, 0.05) is 56.6 Å². The average Bonchev–Trinajstić information content (AvgIpc) is 3.01. The fourth-order valence-corrected chi connectivity index (χ4v) is 3.40. The average molecular weight is 374 g/mol. The molecule has 3 heterocycles. The van der Waals surface area contributed by atoms with E-state index in [-0.39, 0.29) is 24.7 Å². The molecule has 0 unspecified atom stereocenters. The molecule has 1 aliphatic rings. The van der Waals surface area contributed by atoms with E-state index in [1.807, 2.05) is 24.1 Å². The Morgan fingerprint density at radius 1 is 1.23 bits per heavy atom. The smallest absolute Gasteiger partial charge is 0.226 e. The number of carbonyl (C=O) groups is 2. The van der Waals surface area contributed by atoms with Gasteiger partial charge in [-0.05, 0) is 25.5 Å². The maximum atomic E-state index is 12.4. The van der Waals surface area contributed by atoms with Gasteiger partial charge in [-0.1, -0.05) is 11.3 Å². The Hall–Kier alpha value is -2.55. The van der Waals surface area contributed by atoms with Crippen molar-refractivity contribution in [1.29, 1.82) is 0 Å². The number of hydrogen-bond acceptors (Lipinski definition) is 7. The number of pyridine rings is 1. The number of nitrogens with one attached hydrogen (secondary N) is 1. The topological polar surface area (TPSA) is 91.3 Å². The van der Waals surface area contributed by atoms with Crippen molar-refractivity contribution in [2.45, 2.75) is 26.2 Å². The Kier molecular flexibility index (Phi) is 6.11. The monoisotopic (exact) mass is 374 g/mol. The fourth-order valence-electron chi connectivity index (χ4n) is 2.94. The van der Waals surface area contributed by atoms with Crippen LogP contribution in [0.15, 0.2) is 23.8 Å². The maximum Gasteiger partial charge on any atom is 0.226 e. The molecule has 138 valence electrons. The van der Waals surface area contributed by atoms with Crippen LogP contribution in [0.3, 0.4) is 0 Å². The molecule has 26 heavy (non-hydrogen) atoms. The van der Waals surface area contributed by atoms with Gasteiger partial charge in [-0.2, -0.15) is 0 Å². The van der Waals surface area contributed by atoms with Gasteiger partial charge in [-0.15, -0.1) is 10.2 Å². The van der Waals surface area contributed by atoms with Gasteiger partial charge < -0.3 is 15.1 Å². The highest BCUT2D eigenvalue weighted by Gasteiger charge is 2.20. The minimum absolute atomic E-state index is 0.0187. The summed E-state index contributed by atoms with van der Waals surface area (Å²) in [5.74, 6) is -0.191. The van der Waals surface area contributed by atoms with Gasteiger partial charge in [0.1, 0.15) is 5.51 Å². The lowest BCUT2D eigenvalue weighted by Gasteiger charge is -2.24. The molecule has 8 nitrogen and oxygen atoms in total. The Morgan fingerprint density at radius 3 is 2.88 bits per heavy atom. The first kappa shape index (κ1) is 18.2. The lowest BCUT2D eigenvalue weighted by molar-refractivity contribution is -0.132. The molecule has 2 aromatic heterocycles. The largest absolute Gasteiger partial charge is 0.370 e. The third-order valence-electron chi connectivity index (χ3n) is 4.27. The lowest BCUT2D eigenvalue weighted by atomic mass is 10.2. The van der Waals surface area contributed by atoms with Crippen LogP contribution < -0.4 is 10.2 Å². The Morgan fingerprint density at radius 2 is 2.12 bits per heavy atom. The molecule has 1 fully saturated rings. The Bertz CT molecular complexity index is 751. The van der Waals surface area contributed by atoms with E-state index in [2.05, 4.69) is 31.5 Å². The number of rotatable bonds is 5. The van der Waals surface area contributed by atoms with Crippen molar-refractivity contribution in [1.82, 2.24) is 20.1 Å². The zero-order chi connectivity index (χ0) is 18.4. The number of nitrogens with zero attached hydrogens (tertiary/aromatic N) is 5. The van der Waals surface area contributed by atoms with Crippen LogP contribution in [-0.2, 0) is 9.59 Å². The molecule has 9 heteroatoms. The van der Waals surface area contributed by atoms with Crippen LogP contribution in [0.1, 0.15) is 25.0 Å². The number of amides is 2. The van der Waals surface area contributed by atoms with Gasteiger partial charge in [-0.3, -0.25) is 14.6 Å². The van der Waals surface area contributed by atoms with Gasteiger partial charge in [0.25, 0.3) is 0 Å². The van der Waals surface area contributed by atoms with Crippen molar-refractivity contribution in [3.63, 3.8) is 0 Å². The quantitative estimate of drug-likeness (QED) is 0.856. The predicted octanol–water partition coefficient (Wildman–Crippen LogP) is 1.70. The van der Waals surface area contributed by atoms with Gasteiger partial charge in [0.05, 0.1) is 0 Å². The van der Waals surface area contributed by atoms with Crippen molar-refractivity contribution in [2.75, 3.05) is 36.4 Å². The predicted molar refractivity (Wildman–Crippen MR) is 100 cm³/mol. The summed E-state index contributed by atoms with van der Waals surface area (Å²) in [6.45, 7) is 5.05. The van der Waals surface area contributed by atoms with Crippen LogP contribution in [0.4, 0.5) is 10.8 Å². The van der Waals surface area contributed by atoms with Crippen LogP contribution in [0.2, 0.25) is 0 Å². The molecule has 2 amide bonds. The first-order valence-electron chi connectivity index (χ1n) is 8.63. The first-order chi connectivity index (χ1) is 12.6. The molecular formula is C17H22N6O2S. The number of hydrogen-bond donors (Lipinski definition) is 1. The number of aromatic nitrogens is 3. The number of carbonyl (C=O) groups excluding carboxylic acids is 2. The zero-order valence-corrected chi connectivity index (χ0v) is 15.5. The molecule has 0 atom stereocenters. The summed E-state index contributed by atoms with van der Waals surface area (Å²) in [5.41, 5.74) is 3.68. The molecule has 1 aliphatic heterocycles. The molecule has 2 aromatic rings. The van der Waals surface area contributed by atoms with Gasteiger partial charge in [-0.25, -0.2) is 0 Å². The third-order valence-corrected chi connectivity index (χ3v) is 4.87.